The lowest BCUT2D eigenvalue weighted by Crippen LogP contribution is -2.47. The minimum Gasteiger partial charge on any atom is -0.371 e. The lowest BCUT2D eigenvalue weighted by Gasteiger charge is -2.26. The molecule has 4 amide bonds. The third-order valence-corrected chi connectivity index (χ3v) is 8.89. The first-order valence-electron chi connectivity index (χ1n) is 17.6. The molecule has 11 nitrogen and oxygen atoms in total. The van der Waals surface area contributed by atoms with Crippen molar-refractivity contribution in [3.8, 4) is 0 Å². The van der Waals surface area contributed by atoms with Crippen molar-refractivity contribution >= 4 is 47.2 Å². The zero-order chi connectivity index (χ0) is 36.2. The van der Waals surface area contributed by atoms with Gasteiger partial charge in [0, 0.05) is 50.8 Å². The van der Waals surface area contributed by atoms with Gasteiger partial charge in [0.1, 0.15) is 18.2 Å². The Morgan fingerprint density at radius 3 is 1.56 bits per heavy atom. The van der Waals surface area contributed by atoms with Gasteiger partial charge in [-0.25, -0.2) is 0 Å². The number of rotatable bonds is 9. The van der Waals surface area contributed by atoms with Crippen LogP contribution in [0.3, 0.4) is 0 Å². The van der Waals surface area contributed by atoms with Crippen LogP contribution in [0.4, 0.5) is 11.4 Å². The molecule has 3 aliphatic rings. The highest BCUT2D eigenvalue weighted by atomic mass is 16.5. The number of likely N-dealkylation sites (tertiary alicyclic amines) is 2. The van der Waals surface area contributed by atoms with E-state index >= 15 is 0 Å². The van der Waals surface area contributed by atoms with E-state index in [1.165, 1.54) is 6.92 Å². The molecule has 0 saturated carbocycles. The number of nitrogens with zero attached hydrogens (tertiary/aromatic N) is 2. The largest absolute Gasteiger partial charge is 0.371 e. The summed E-state index contributed by atoms with van der Waals surface area (Å²) in [7, 11) is 0. The van der Waals surface area contributed by atoms with Crippen LogP contribution in [-0.4, -0.2) is 94.7 Å². The zero-order valence-corrected chi connectivity index (χ0v) is 30.4. The fourth-order valence-corrected chi connectivity index (χ4v) is 6.81. The first-order chi connectivity index (χ1) is 23.5. The van der Waals surface area contributed by atoms with Crippen LogP contribution in [0.5, 0.6) is 0 Å². The molecule has 5 atom stereocenters. The Morgan fingerprint density at radius 2 is 1.16 bits per heavy atom. The van der Waals surface area contributed by atoms with Crippen molar-refractivity contribution in [2.24, 2.45) is 0 Å². The minimum absolute atomic E-state index is 0.146. The molecule has 0 aromatic heterocycles. The van der Waals surface area contributed by atoms with Crippen molar-refractivity contribution < 1.29 is 33.4 Å². The number of hydrogen-bond acceptors (Lipinski definition) is 7. The van der Waals surface area contributed by atoms with Crippen LogP contribution >= 0.6 is 0 Å². The molecule has 2 aromatic rings. The summed E-state index contributed by atoms with van der Waals surface area (Å²) in [6.07, 6.45) is 5.37. The number of ether oxygens (including phenoxy) is 3. The molecule has 0 radical (unpaired) electrons. The van der Waals surface area contributed by atoms with Crippen molar-refractivity contribution in [1.29, 1.82) is 0 Å². The van der Waals surface area contributed by atoms with E-state index in [0.29, 0.717) is 50.3 Å². The van der Waals surface area contributed by atoms with Crippen LogP contribution in [0, 0.1) is 0 Å². The Bertz CT molecular complexity index is 1550. The van der Waals surface area contributed by atoms with E-state index in [0.717, 1.165) is 17.5 Å². The van der Waals surface area contributed by atoms with Gasteiger partial charge < -0.3 is 34.6 Å². The monoisotopic (exact) mass is 688 g/mol. The van der Waals surface area contributed by atoms with Gasteiger partial charge in [0.25, 0.3) is 5.91 Å². The smallest absolute Gasteiger partial charge is 0.252 e. The number of hydrogen-bond donors (Lipinski definition) is 2. The minimum atomic E-state index is -0.642. The molecule has 5 rings (SSSR count). The second-order valence-corrected chi connectivity index (χ2v) is 15.4. The van der Waals surface area contributed by atoms with Gasteiger partial charge in [-0.3, -0.25) is 19.2 Å². The molecule has 2 aromatic carbocycles. The van der Waals surface area contributed by atoms with Crippen molar-refractivity contribution in [1.82, 2.24) is 9.80 Å². The summed E-state index contributed by atoms with van der Waals surface area (Å²) < 4.78 is 17.9. The second-order valence-electron chi connectivity index (χ2n) is 15.4. The summed E-state index contributed by atoms with van der Waals surface area (Å²) in [4.78, 5) is 55.3. The Balaban J connectivity index is 1.15. The van der Waals surface area contributed by atoms with E-state index in [4.69, 9.17) is 14.2 Å². The molecular formula is C39H52N4O7. The summed E-state index contributed by atoms with van der Waals surface area (Å²) in [6, 6.07) is 13.8. The van der Waals surface area contributed by atoms with E-state index in [1.54, 1.807) is 9.80 Å². The van der Waals surface area contributed by atoms with Crippen molar-refractivity contribution in [3.05, 3.63) is 59.7 Å². The maximum atomic E-state index is 13.5. The van der Waals surface area contributed by atoms with Gasteiger partial charge in [0.2, 0.25) is 17.7 Å². The number of carbonyl (C=O) groups is 4. The fraction of sp³-hybridized carbons (Fsp3) is 0.538. The summed E-state index contributed by atoms with van der Waals surface area (Å²) in [5.74, 6) is -0.773. The van der Waals surface area contributed by atoms with Gasteiger partial charge in [-0.1, -0.05) is 36.4 Å². The summed E-state index contributed by atoms with van der Waals surface area (Å²) in [5.41, 5.74) is 2.40. The summed E-state index contributed by atoms with van der Waals surface area (Å²) >= 11 is 0. The lowest BCUT2D eigenvalue weighted by atomic mass is 10.1. The Morgan fingerprint density at radius 1 is 0.720 bits per heavy atom. The first kappa shape index (κ1) is 37.2. The standard InChI is InChI=1S/C39H52N4O7/c1-25(44)42-23-30(49-38(2,3)4)21-32(42)35(45)40-28-16-12-26(13-17-28)10-11-27-14-18-29(19-15-27)41-36(46)33-22-31(50-39(5,6)7)24-43(33)37(47)34-9-8-20-48-34/h10-19,30-34H,8-9,20-24H2,1-7H3,(H,40,45)(H,41,46)/t30-,31-,32+,33+,34-/m1/s1. The number of amides is 4. The normalized spacial score (nSPS) is 24.2. The van der Waals surface area contributed by atoms with Gasteiger partial charge in [0.05, 0.1) is 23.4 Å². The van der Waals surface area contributed by atoms with Crippen molar-refractivity contribution in [2.45, 2.75) is 116 Å². The SMILES string of the molecule is CC(=O)N1C[C@H](OC(C)(C)C)C[C@H]1C(=O)Nc1ccc(C=Cc2ccc(NC(=O)[C@@H]3C[C@@H](OC(C)(C)C)CN3C(=O)[C@H]3CCCO3)cc2)cc1. The van der Waals surface area contributed by atoms with E-state index in [-0.39, 0.29) is 41.4 Å². The van der Waals surface area contributed by atoms with Gasteiger partial charge in [-0.15, -0.1) is 0 Å². The van der Waals surface area contributed by atoms with Gasteiger partial charge >= 0.3 is 0 Å². The maximum absolute atomic E-state index is 13.5. The van der Waals surface area contributed by atoms with Crippen molar-refractivity contribution in [3.63, 3.8) is 0 Å². The first-order valence-corrected chi connectivity index (χ1v) is 17.6. The third-order valence-electron chi connectivity index (χ3n) is 8.89. The van der Waals surface area contributed by atoms with E-state index in [2.05, 4.69) is 10.6 Å². The van der Waals surface area contributed by atoms with Crippen LogP contribution in [0.2, 0.25) is 0 Å². The van der Waals surface area contributed by atoms with E-state index in [9.17, 15) is 19.2 Å². The van der Waals surface area contributed by atoms with Crippen LogP contribution in [-0.2, 0) is 33.4 Å². The number of nitrogens with one attached hydrogen (secondary N) is 2. The fourth-order valence-electron chi connectivity index (χ4n) is 6.81. The molecule has 0 aliphatic carbocycles. The molecular weight excluding hydrogens is 636 g/mol. The Hall–Kier alpha value is -4.06. The average molecular weight is 689 g/mol. The van der Waals surface area contributed by atoms with Crippen LogP contribution in [0.25, 0.3) is 12.2 Å². The number of benzene rings is 2. The highest BCUT2D eigenvalue weighted by Crippen LogP contribution is 2.29. The predicted octanol–water partition coefficient (Wildman–Crippen LogP) is 5.50. The molecule has 0 unspecified atom stereocenters. The summed E-state index contributed by atoms with van der Waals surface area (Å²) in [5, 5.41) is 5.94. The Kier molecular flexibility index (Phi) is 11.5. The van der Waals surface area contributed by atoms with Crippen LogP contribution in [0.15, 0.2) is 48.5 Å². The number of anilines is 2. The van der Waals surface area contributed by atoms with Crippen LogP contribution < -0.4 is 10.6 Å². The van der Waals surface area contributed by atoms with Gasteiger partial charge in [-0.2, -0.15) is 0 Å². The molecule has 11 heteroatoms. The quantitative estimate of drug-likeness (QED) is 0.333. The third kappa shape index (κ3) is 10.0. The molecule has 2 N–H and O–H groups in total. The molecule has 3 heterocycles. The molecule has 0 spiro atoms. The lowest BCUT2D eigenvalue weighted by molar-refractivity contribution is -0.145. The second kappa shape index (κ2) is 15.4. The topological polar surface area (TPSA) is 127 Å². The van der Waals surface area contributed by atoms with Gasteiger partial charge in [-0.05, 0) is 89.8 Å². The van der Waals surface area contributed by atoms with Crippen molar-refractivity contribution in [2.75, 3.05) is 30.3 Å². The summed E-state index contributed by atoms with van der Waals surface area (Å²) in [6.45, 7) is 14.6. The Labute approximate surface area is 295 Å². The highest BCUT2D eigenvalue weighted by molar-refractivity contribution is 5.99. The van der Waals surface area contributed by atoms with E-state index in [1.807, 2.05) is 102 Å². The molecule has 0 bridgehead atoms. The zero-order valence-electron chi connectivity index (χ0n) is 30.4. The highest BCUT2D eigenvalue weighted by Gasteiger charge is 2.44. The average Bonchev–Trinajstić information content (AvgIpc) is 3.80. The van der Waals surface area contributed by atoms with E-state index < -0.39 is 23.8 Å². The molecule has 3 saturated heterocycles. The molecule has 3 aliphatic heterocycles. The maximum Gasteiger partial charge on any atom is 0.252 e. The molecule has 50 heavy (non-hydrogen) atoms. The van der Waals surface area contributed by atoms with Gasteiger partial charge in [0.15, 0.2) is 0 Å². The molecule has 3 fully saturated rings. The predicted molar refractivity (Wildman–Crippen MR) is 193 cm³/mol. The number of carbonyl (C=O) groups excluding carboxylic acids is 4. The van der Waals surface area contributed by atoms with Crippen LogP contribution in [0.1, 0.15) is 85.3 Å². The molecule has 270 valence electrons.